The van der Waals surface area contributed by atoms with Gasteiger partial charge in [-0.15, -0.1) is 4.59 Å². The van der Waals surface area contributed by atoms with Gasteiger partial charge in [-0.05, 0) is 36.8 Å². The molecule has 0 saturated carbocycles. The van der Waals surface area contributed by atoms with Crippen LogP contribution in [0.2, 0.25) is 0 Å². The van der Waals surface area contributed by atoms with Gasteiger partial charge in [0.05, 0.1) is 44.3 Å². The molecule has 2 fully saturated rings. The van der Waals surface area contributed by atoms with E-state index in [0.29, 0.717) is 42.4 Å². The van der Waals surface area contributed by atoms with Gasteiger partial charge in [-0.3, -0.25) is 14.6 Å². The lowest BCUT2D eigenvalue weighted by molar-refractivity contribution is -0.750. The van der Waals surface area contributed by atoms with Gasteiger partial charge in [0, 0.05) is 18.2 Å². The number of quaternary nitrogens is 1. The van der Waals surface area contributed by atoms with Crippen LogP contribution in [-0.4, -0.2) is 70.7 Å². The summed E-state index contributed by atoms with van der Waals surface area (Å²) in [7, 11) is 1.41. The minimum absolute atomic E-state index is 0.0520. The molecule has 0 radical (unpaired) electrons. The summed E-state index contributed by atoms with van der Waals surface area (Å²) in [6.45, 7) is 0.736. The number of allylic oxidation sites excluding steroid dienone is 1. The molecular formula is C27H25F3N7O4+. The first-order chi connectivity index (χ1) is 19.6. The number of alkyl halides is 3. The van der Waals surface area contributed by atoms with Gasteiger partial charge in [-0.2, -0.15) is 24.0 Å². The van der Waals surface area contributed by atoms with E-state index < -0.39 is 23.8 Å². The van der Waals surface area contributed by atoms with Crippen LogP contribution < -0.4 is 15.9 Å². The Morgan fingerprint density at radius 3 is 2.88 bits per heavy atom. The second-order valence-electron chi connectivity index (χ2n) is 9.92. The van der Waals surface area contributed by atoms with Crippen molar-refractivity contribution >= 4 is 29.7 Å². The first-order valence-electron chi connectivity index (χ1n) is 12.7. The molecule has 0 aliphatic carbocycles. The molecule has 6 rings (SSSR count). The highest BCUT2D eigenvalue weighted by atomic mass is 19.4. The van der Waals surface area contributed by atoms with E-state index in [-0.39, 0.29) is 33.7 Å². The van der Waals surface area contributed by atoms with Crippen molar-refractivity contribution in [2.75, 3.05) is 25.6 Å². The minimum atomic E-state index is -4.58. The third-order valence-electron chi connectivity index (χ3n) is 7.47. The molecule has 212 valence electrons. The van der Waals surface area contributed by atoms with Gasteiger partial charge in [0.25, 0.3) is 11.7 Å². The highest BCUT2D eigenvalue weighted by Crippen LogP contribution is 2.38. The third kappa shape index (κ3) is 4.69. The SMILES string of the molecule is COc1cc(C(=O)Nc2cc(C(F)(F)F)ccn2)ccc1C1=NC([C@H]2CN3C(=O)CC[C@@H]3CO2)=C2C=NC=C[N+]12N. The van der Waals surface area contributed by atoms with Crippen LogP contribution in [0, 0.1) is 0 Å². The number of rotatable bonds is 5. The Balaban J connectivity index is 1.30. The maximum absolute atomic E-state index is 13.1. The van der Waals surface area contributed by atoms with Crippen LogP contribution in [0.4, 0.5) is 19.0 Å². The molecule has 11 nitrogen and oxygen atoms in total. The number of carbonyl (C=O) groups excluding carboxylic acids is 2. The Morgan fingerprint density at radius 1 is 1.27 bits per heavy atom. The van der Waals surface area contributed by atoms with Crippen molar-refractivity contribution in [3.05, 3.63) is 77.0 Å². The zero-order chi connectivity index (χ0) is 28.9. The monoisotopic (exact) mass is 568 g/mol. The van der Waals surface area contributed by atoms with E-state index in [4.69, 9.17) is 20.3 Å². The first-order valence-corrected chi connectivity index (χ1v) is 12.7. The summed E-state index contributed by atoms with van der Waals surface area (Å²) in [6, 6.07) is 6.15. The molecule has 2 saturated heterocycles. The number of anilines is 1. The van der Waals surface area contributed by atoms with E-state index in [2.05, 4.69) is 15.3 Å². The van der Waals surface area contributed by atoms with Crippen LogP contribution in [0.15, 0.2) is 70.3 Å². The second-order valence-corrected chi connectivity index (χ2v) is 9.92. The highest BCUT2D eigenvalue weighted by molar-refractivity contribution is 6.07. The smallest absolute Gasteiger partial charge is 0.416 e. The number of methoxy groups -OCH3 is 1. The number of hydrogen-bond donors (Lipinski definition) is 2. The van der Waals surface area contributed by atoms with Crippen molar-refractivity contribution in [3.63, 3.8) is 0 Å². The molecule has 1 aromatic carbocycles. The predicted octanol–water partition coefficient (Wildman–Crippen LogP) is 2.97. The van der Waals surface area contributed by atoms with E-state index >= 15 is 0 Å². The molecule has 4 aliphatic rings. The molecule has 0 bridgehead atoms. The van der Waals surface area contributed by atoms with Crippen molar-refractivity contribution in [1.29, 1.82) is 0 Å². The fourth-order valence-corrected chi connectivity index (χ4v) is 5.35. The first kappa shape index (κ1) is 26.8. The summed E-state index contributed by atoms with van der Waals surface area (Å²) < 4.78 is 50.6. The number of amidine groups is 1. The molecule has 2 aromatic rings. The van der Waals surface area contributed by atoms with E-state index in [1.807, 2.05) is 4.90 Å². The fraction of sp³-hybridized carbons (Fsp3) is 0.296. The van der Waals surface area contributed by atoms with Crippen LogP contribution in [0.3, 0.4) is 0 Å². The molecule has 3 atom stereocenters. The Kier molecular flexibility index (Phi) is 6.47. The number of nitrogens with two attached hydrogens (primary N) is 1. The number of benzene rings is 1. The van der Waals surface area contributed by atoms with Crippen LogP contribution >= 0.6 is 0 Å². The number of carbonyl (C=O) groups is 2. The van der Waals surface area contributed by atoms with Gasteiger partial charge in [-0.25, -0.2) is 4.98 Å². The van der Waals surface area contributed by atoms with E-state index in [0.717, 1.165) is 24.8 Å². The lowest BCUT2D eigenvalue weighted by atomic mass is 10.1. The molecule has 2 amide bonds. The molecule has 5 heterocycles. The number of ether oxygens (including phenoxy) is 2. The maximum Gasteiger partial charge on any atom is 0.416 e. The lowest BCUT2D eigenvalue weighted by Gasteiger charge is -2.35. The average molecular weight is 569 g/mol. The molecular weight excluding hydrogens is 543 g/mol. The topological polar surface area (TPSA) is 132 Å². The predicted molar refractivity (Wildman–Crippen MR) is 140 cm³/mol. The van der Waals surface area contributed by atoms with Crippen molar-refractivity contribution in [2.24, 2.45) is 15.8 Å². The normalized spacial score (nSPS) is 25.2. The van der Waals surface area contributed by atoms with Crippen LogP contribution in [0.25, 0.3) is 0 Å². The number of amides is 2. The molecule has 41 heavy (non-hydrogen) atoms. The summed E-state index contributed by atoms with van der Waals surface area (Å²) in [5.74, 6) is 6.62. The van der Waals surface area contributed by atoms with Gasteiger partial charge in [0.2, 0.25) is 11.6 Å². The summed E-state index contributed by atoms with van der Waals surface area (Å²) >= 11 is 0. The summed E-state index contributed by atoms with van der Waals surface area (Å²) in [5, 5.41) is 2.39. The number of fused-ring (bicyclic) bond motifs is 2. The number of nitrogens with one attached hydrogen (secondary N) is 1. The Hall–Kier alpha value is -4.40. The largest absolute Gasteiger partial charge is 0.496 e. The molecule has 3 N–H and O–H groups in total. The van der Waals surface area contributed by atoms with E-state index in [1.165, 1.54) is 19.2 Å². The van der Waals surface area contributed by atoms with Crippen molar-refractivity contribution in [3.8, 4) is 5.75 Å². The summed E-state index contributed by atoms with van der Waals surface area (Å²) in [5.41, 5.74) is 0.758. The highest BCUT2D eigenvalue weighted by Gasteiger charge is 2.49. The van der Waals surface area contributed by atoms with Crippen molar-refractivity contribution in [2.45, 2.75) is 31.2 Å². The van der Waals surface area contributed by atoms with Crippen molar-refractivity contribution < 1.29 is 36.8 Å². The average Bonchev–Trinajstić information content (AvgIpc) is 3.48. The number of nitrogens with zero attached hydrogens (tertiary/aromatic N) is 5. The van der Waals surface area contributed by atoms with Gasteiger partial charge in [0.1, 0.15) is 35.1 Å². The Labute approximate surface area is 232 Å². The van der Waals surface area contributed by atoms with Gasteiger partial charge in [-0.1, -0.05) is 0 Å². The maximum atomic E-state index is 13.1. The van der Waals surface area contributed by atoms with Gasteiger partial charge >= 0.3 is 6.18 Å². The Morgan fingerprint density at radius 2 is 2.10 bits per heavy atom. The third-order valence-corrected chi connectivity index (χ3v) is 7.47. The van der Waals surface area contributed by atoms with Gasteiger partial charge < -0.3 is 19.7 Å². The van der Waals surface area contributed by atoms with Crippen LogP contribution in [0.1, 0.15) is 34.3 Å². The minimum Gasteiger partial charge on any atom is -0.496 e. The number of aromatic nitrogens is 1. The molecule has 1 aromatic heterocycles. The zero-order valence-corrected chi connectivity index (χ0v) is 21.8. The van der Waals surface area contributed by atoms with Crippen LogP contribution in [0.5, 0.6) is 5.75 Å². The molecule has 14 heteroatoms. The van der Waals surface area contributed by atoms with E-state index in [1.54, 1.807) is 24.7 Å². The second kappa shape index (κ2) is 9.90. The van der Waals surface area contributed by atoms with Crippen LogP contribution in [-0.2, 0) is 15.7 Å². The number of halogens is 3. The zero-order valence-electron chi connectivity index (χ0n) is 21.8. The number of morpholine rings is 1. The summed E-state index contributed by atoms with van der Waals surface area (Å²) in [6.07, 6.45) is 1.91. The number of hydrogen-bond acceptors (Lipinski definition) is 8. The standard InChI is InChI=1S/C27H24F3N7O4/c1-40-20-10-15(26(39)34-22-11-16(6-7-33-22)27(28,29)30)2-4-18(20)25-35-24(19-12-32-8-9-37(19,25)31)21-13-36-17(14-41-21)3-5-23(36)38/h2,4,6-12,17,21H,3,5,13-14,31H2,1H3/p+1/t17-,21-,37?/m1/s1. The fourth-order valence-electron chi connectivity index (χ4n) is 5.35. The van der Waals surface area contributed by atoms with Crippen molar-refractivity contribution in [1.82, 2.24) is 9.88 Å². The number of pyridine rings is 1. The molecule has 1 unspecified atom stereocenters. The van der Waals surface area contributed by atoms with E-state index in [9.17, 15) is 22.8 Å². The quantitative estimate of drug-likeness (QED) is 0.421. The molecule has 0 spiro atoms. The summed E-state index contributed by atoms with van der Waals surface area (Å²) in [4.78, 5) is 40.0. The van der Waals surface area contributed by atoms with Gasteiger partial charge in [0.15, 0.2) is 0 Å². The number of aliphatic imine (C=N–C) groups is 2. The Bertz CT molecular complexity index is 1570. The molecule has 4 aliphatic heterocycles. The lowest BCUT2D eigenvalue weighted by Crippen LogP contribution is -2.53.